The third kappa shape index (κ3) is 6.17. The summed E-state index contributed by atoms with van der Waals surface area (Å²) in [6, 6.07) is 4.58. The second-order valence-electron chi connectivity index (χ2n) is 6.08. The molecule has 0 aliphatic rings. The van der Waals surface area contributed by atoms with Crippen molar-refractivity contribution in [1.29, 1.82) is 0 Å². The summed E-state index contributed by atoms with van der Waals surface area (Å²) in [5.41, 5.74) is -2.70. The Balaban J connectivity index is 2.21. The number of ether oxygens (including phenoxy) is 2. The average molecular weight is 449 g/mol. The van der Waals surface area contributed by atoms with E-state index in [1.165, 1.54) is 26.2 Å². The van der Waals surface area contributed by atoms with Gasteiger partial charge in [0.25, 0.3) is 5.69 Å². The number of alkyl halides is 5. The van der Waals surface area contributed by atoms with Gasteiger partial charge in [0.05, 0.1) is 23.3 Å². The van der Waals surface area contributed by atoms with Gasteiger partial charge in [-0.1, -0.05) is 0 Å². The largest absolute Gasteiger partial charge is 0.493 e. The van der Waals surface area contributed by atoms with Crippen LogP contribution >= 0.6 is 0 Å². The van der Waals surface area contributed by atoms with Crippen molar-refractivity contribution in [3.05, 3.63) is 52.1 Å². The second-order valence-corrected chi connectivity index (χ2v) is 6.08. The number of carbonyl (C=O) groups excluding carboxylic acids is 1. The van der Waals surface area contributed by atoms with E-state index in [4.69, 9.17) is 4.74 Å². The predicted molar refractivity (Wildman–Crippen MR) is 99.4 cm³/mol. The normalized spacial score (nSPS) is 12.3. The van der Waals surface area contributed by atoms with Gasteiger partial charge in [0, 0.05) is 23.9 Å². The van der Waals surface area contributed by atoms with Gasteiger partial charge in [-0.2, -0.15) is 22.0 Å². The number of nitro groups is 1. The van der Waals surface area contributed by atoms with Gasteiger partial charge >= 0.3 is 12.8 Å². The van der Waals surface area contributed by atoms with Crippen molar-refractivity contribution in [2.75, 3.05) is 17.7 Å². The van der Waals surface area contributed by atoms with E-state index >= 15 is 0 Å². The Kier molecular flexibility index (Phi) is 7.20. The number of non-ortho nitro benzene ring substituents is 1. The molecule has 1 amide bonds. The van der Waals surface area contributed by atoms with Crippen molar-refractivity contribution < 1.29 is 41.1 Å². The molecule has 0 aromatic heterocycles. The fourth-order valence-corrected chi connectivity index (χ4v) is 2.50. The molecule has 168 valence electrons. The zero-order chi connectivity index (χ0) is 23.3. The molecule has 0 aliphatic carbocycles. The van der Waals surface area contributed by atoms with Gasteiger partial charge in [0.15, 0.2) is 11.5 Å². The van der Waals surface area contributed by atoms with Crippen molar-refractivity contribution in [2.45, 2.75) is 25.8 Å². The van der Waals surface area contributed by atoms with E-state index in [1.807, 2.05) is 0 Å². The lowest BCUT2D eigenvalue weighted by atomic mass is 10.1. The summed E-state index contributed by atoms with van der Waals surface area (Å²) in [5, 5.41) is 15.4. The summed E-state index contributed by atoms with van der Waals surface area (Å²) in [5.74, 6) is -1.22. The van der Waals surface area contributed by atoms with Gasteiger partial charge in [0.2, 0.25) is 5.91 Å². The first-order chi connectivity index (χ1) is 14.4. The van der Waals surface area contributed by atoms with Crippen molar-refractivity contribution in [3.8, 4) is 11.5 Å². The molecule has 13 heteroatoms. The van der Waals surface area contributed by atoms with Crippen molar-refractivity contribution in [2.24, 2.45) is 0 Å². The molecule has 2 aromatic carbocycles. The number of halogens is 5. The third-order valence-electron chi connectivity index (χ3n) is 3.93. The maximum atomic E-state index is 13.2. The zero-order valence-electron chi connectivity index (χ0n) is 16.0. The Labute approximate surface area is 172 Å². The summed E-state index contributed by atoms with van der Waals surface area (Å²) in [6.07, 6.45) is -4.96. The molecule has 1 unspecified atom stereocenters. The Bertz CT molecular complexity index is 968. The quantitative estimate of drug-likeness (QED) is 0.345. The lowest BCUT2D eigenvalue weighted by Gasteiger charge is -2.19. The number of amides is 1. The molecule has 0 radical (unpaired) electrons. The van der Waals surface area contributed by atoms with Crippen LogP contribution in [-0.4, -0.2) is 30.6 Å². The van der Waals surface area contributed by atoms with Crippen LogP contribution in [0.2, 0.25) is 0 Å². The molecule has 31 heavy (non-hydrogen) atoms. The average Bonchev–Trinajstić information content (AvgIpc) is 2.67. The van der Waals surface area contributed by atoms with Gasteiger partial charge in [-0.25, -0.2) is 0 Å². The number of nitro benzene ring substituents is 1. The summed E-state index contributed by atoms with van der Waals surface area (Å²) >= 11 is 0. The number of anilines is 2. The van der Waals surface area contributed by atoms with E-state index in [9.17, 15) is 36.9 Å². The lowest BCUT2D eigenvalue weighted by molar-refractivity contribution is -0.385. The molecule has 0 bridgehead atoms. The second kappa shape index (κ2) is 9.45. The number of hydrogen-bond donors (Lipinski definition) is 2. The Morgan fingerprint density at radius 2 is 1.81 bits per heavy atom. The smallest absolute Gasteiger partial charge is 0.418 e. The minimum absolute atomic E-state index is 0.00338. The molecule has 0 heterocycles. The van der Waals surface area contributed by atoms with Crippen LogP contribution in [0.4, 0.5) is 39.0 Å². The van der Waals surface area contributed by atoms with Gasteiger partial charge in [0.1, 0.15) is 6.04 Å². The third-order valence-corrected chi connectivity index (χ3v) is 3.93. The van der Waals surface area contributed by atoms with Crippen LogP contribution in [0.1, 0.15) is 12.5 Å². The minimum atomic E-state index is -4.96. The number of methoxy groups -OCH3 is 1. The van der Waals surface area contributed by atoms with E-state index in [1.54, 1.807) is 0 Å². The highest BCUT2D eigenvalue weighted by Crippen LogP contribution is 2.37. The monoisotopic (exact) mass is 449 g/mol. The van der Waals surface area contributed by atoms with Crippen LogP contribution < -0.4 is 20.1 Å². The fraction of sp³-hybridized carbons (Fsp3) is 0.278. The fourth-order valence-electron chi connectivity index (χ4n) is 2.50. The lowest BCUT2D eigenvalue weighted by Crippen LogP contribution is -2.32. The van der Waals surface area contributed by atoms with E-state index in [0.717, 1.165) is 18.2 Å². The summed E-state index contributed by atoms with van der Waals surface area (Å²) < 4.78 is 73.9. The van der Waals surface area contributed by atoms with Gasteiger partial charge in [-0.05, 0) is 25.1 Å². The Morgan fingerprint density at radius 1 is 1.13 bits per heavy atom. The van der Waals surface area contributed by atoms with Gasteiger partial charge < -0.3 is 20.1 Å². The Morgan fingerprint density at radius 3 is 2.35 bits per heavy atom. The Hall–Kier alpha value is -3.64. The van der Waals surface area contributed by atoms with Gasteiger partial charge in [-0.15, -0.1) is 0 Å². The number of nitrogens with zero attached hydrogens (tertiary/aromatic N) is 1. The summed E-state index contributed by atoms with van der Waals surface area (Å²) in [6.45, 7) is -1.82. The highest BCUT2D eigenvalue weighted by Gasteiger charge is 2.36. The summed E-state index contributed by atoms with van der Waals surface area (Å²) in [4.78, 5) is 22.1. The number of rotatable bonds is 8. The number of hydrogen-bond acceptors (Lipinski definition) is 6. The maximum Gasteiger partial charge on any atom is 0.418 e. The van der Waals surface area contributed by atoms with E-state index < -0.39 is 46.6 Å². The predicted octanol–water partition coefficient (Wildman–Crippen LogP) is 4.66. The van der Waals surface area contributed by atoms with Crippen LogP contribution in [0, 0.1) is 10.1 Å². The molecule has 0 saturated carbocycles. The zero-order valence-corrected chi connectivity index (χ0v) is 16.0. The maximum absolute atomic E-state index is 13.2. The van der Waals surface area contributed by atoms with Crippen LogP contribution in [-0.2, 0) is 11.0 Å². The van der Waals surface area contributed by atoms with Crippen molar-refractivity contribution in [3.63, 3.8) is 0 Å². The molecule has 0 fully saturated rings. The number of benzene rings is 2. The molecule has 8 nitrogen and oxygen atoms in total. The SMILES string of the molecule is COc1ccc(NC(C)C(=O)Nc2ccc([N+](=O)[O-])cc2C(F)(F)F)cc1OC(F)F. The molecule has 0 saturated heterocycles. The van der Waals surface area contributed by atoms with Gasteiger partial charge in [-0.3, -0.25) is 14.9 Å². The first kappa shape index (κ1) is 23.6. The topological polar surface area (TPSA) is 103 Å². The molecule has 2 N–H and O–H groups in total. The standard InChI is InChI=1S/C18H16F5N3O5/c1-9(24-10-3-6-14(30-2)15(7-10)31-17(19)20)16(27)25-13-5-4-11(26(28)29)8-12(13)18(21,22)23/h3-9,17,24H,1-2H3,(H,25,27). The van der Waals surface area contributed by atoms with Crippen LogP contribution in [0.15, 0.2) is 36.4 Å². The van der Waals surface area contributed by atoms with Crippen LogP contribution in [0.25, 0.3) is 0 Å². The first-order valence-electron chi connectivity index (χ1n) is 8.48. The molecular weight excluding hydrogens is 433 g/mol. The van der Waals surface area contributed by atoms with Crippen molar-refractivity contribution in [1.82, 2.24) is 0 Å². The highest BCUT2D eigenvalue weighted by molar-refractivity contribution is 5.97. The molecular formula is C18H16F5N3O5. The summed E-state index contributed by atoms with van der Waals surface area (Å²) in [7, 11) is 1.24. The molecule has 2 aromatic rings. The number of nitrogens with one attached hydrogen (secondary N) is 2. The molecule has 1 atom stereocenters. The highest BCUT2D eigenvalue weighted by atomic mass is 19.4. The number of carbonyl (C=O) groups is 1. The minimum Gasteiger partial charge on any atom is -0.493 e. The first-order valence-corrected chi connectivity index (χ1v) is 8.48. The molecule has 0 aliphatic heterocycles. The molecule has 2 rings (SSSR count). The van der Waals surface area contributed by atoms with E-state index in [2.05, 4.69) is 15.4 Å². The van der Waals surface area contributed by atoms with E-state index in [0.29, 0.717) is 6.07 Å². The van der Waals surface area contributed by atoms with Crippen molar-refractivity contribution >= 4 is 23.0 Å². The molecule has 0 spiro atoms. The van der Waals surface area contributed by atoms with Crippen LogP contribution in [0.5, 0.6) is 11.5 Å². The van der Waals surface area contributed by atoms with Crippen LogP contribution in [0.3, 0.4) is 0 Å². The van der Waals surface area contributed by atoms with E-state index in [-0.39, 0.29) is 17.2 Å².